The summed E-state index contributed by atoms with van der Waals surface area (Å²) >= 11 is 6.41. The number of nitrogens with zero attached hydrogens (tertiary/aromatic N) is 1. The quantitative estimate of drug-likeness (QED) is 0.265. The first-order valence-electron chi connectivity index (χ1n) is 9.92. The molecule has 0 saturated carbocycles. The number of hydrogen-bond donors (Lipinski definition) is 1. The van der Waals surface area contributed by atoms with Crippen molar-refractivity contribution in [2.45, 2.75) is 31.9 Å². The van der Waals surface area contributed by atoms with Crippen LogP contribution in [0.25, 0.3) is 17.4 Å². The van der Waals surface area contributed by atoms with E-state index in [1.54, 1.807) is 12.1 Å². The van der Waals surface area contributed by atoms with Crippen LogP contribution < -0.4 is 4.74 Å². The monoisotopic (exact) mass is 499 g/mol. The summed E-state index contributed by atoms with van der Waals surface area (Å²) in [6, 6.07) is 6.31. The number of benzene rings is 1. The zero-order chi connectivity index (χ0) is 24.2. The van der Waals surface area contributed by atoms with E-state index in [2.05, 4.69) is 0 Å². The van der Waals surface area contributed by atoms with Crippen LogP contribution in [0, 0.1) is 0 Å². The van der Waals surface area contributed by atoms with Gasteiger partial charge in [-0.05, 0) is 43.2 Å². The second-order valence-electron chi connectivity index (χ2n) is 7.15. The van der Waals surface area contributed by atoms with E-state index in [1.807, 2.05) is 0 Å². The fourth-order valence-corrected chi connectivity index (χ4v) is 4.48. The highest BCUT2D eigenvalue weighted by Crippen LogP contribution is 2.38. The molecule has 176 valence electrons. The molecular weight excluding hydrogens is 479 g/mol. The number of furan rings is 1. The summed E-state index contributed by atoms with van der Waals surface area (Å²) in [6.45, 7) is 0.397. The van der Waals surface area contributed by atoms with E-state index in [9.17, 15) is 22.8 Å². The molecule has 33 heavy (non-hydrogen) atoms. The van der Waals surface area contributed by atoms with Crippen molar-refractivity contribution in [2.75, 3.05) is 13.7 Å². The Morgan fingerprint density at radius 1 is 1.24 bits per heavy atom. The van der Waals surface area contributed by atoms with Gasteiger partial charge in [0, 0.05) is 19.0 Å². The number of carbonyl (C=O) groups excluding carboxylic acids is 1. The smallest absolute Gasteiger partial charge is 0.416 e. The topological polar surface area (TPSA) is 80.0 Å². The molecule has 1 fully saturated rings. The van der Waals surface area contributed by atoms with Crippen LogP contribution in [0.3, 0.4) is 0 Å². The van der Waals surface area contributed by atoms with Crippen LogP contribution in [0.4, 0.5) is 13.2 Å². The number of ether oxygens (including phenoxy) is 1. The number of thioether (sulfide) groups is 1. The molecule has 0 spiro atoms. The first kappa shape index (κ1) is 24.8. The van der Waals surface area contributed by atoms with Gasteiger partial charge in [-0.25, -0.2) is 0 Å². The Bertz CT molecular complexity index is 1090. The van der Waals surface area contributed by atoms with E-state index >= 15 is 0 Å². The van der Waals surface area contributed by atoms with Crippen LogP contribution in [0.2, 0.25) is 0 Å². The number of carboxylic acid groups (broad SMARTS) is 1. The normalized spacial score (nSPS) is 15.5. The van der Waals surface area contributed by atoms with Crippen molar-refractivity contribution in [3.05, 3.63) is 46.6 Å². The molecule has 1 amide bonds. The number of halogens is 3. The predicted octanol–water partition coefficient (Wildman–Crippen LogP) is 5.82. The number of methoxy groups -OCH3 is 1. The molecule has 1 aliphatic heterocycles. The summed E-state index contributed by atoms with van der Waals surface area (Å²) in [5.41, 5.74) is -0.486. The van der Waals surface area contributed by atoms with Crippen LogP contribution >= 0.6 is 24.0 Å². The average molecular weight is 500 g/mol. The standard InChI is InChI=1S/C22H20F3NO5S2/c1-30-17-11-13(22(23,24)25)6-8-15(17)16-9-7-14(31-16)12-18-20(29)26(21(32)33-18)10-4-2-3-5-19(27)28/h6-9,11-12H,2-5,10H2,1H3,(H,27,28). The number of carbonyl (C=O) groups is 2. The van der Waals surface area contributed by atoms with Gasteiger partial charge < -0.3 is 14.3 Å². The van der Waals surface area contributed by atoms with Crippen molar-refractivity contribution >= 4 is 46.3 Å². The number of carboxylic acids is 1. The molecule has 2 aromatic rings. The fourth-order valence-electron chi connectivity index (χ4n) is 3.19. The van der Waals surface area contributed by atoms with Crippen LogP contribution in [0.5, 0.6) is 5.75 Å². The number of thiocarbonyl (C=S) groups is 1. The Kier molecular flexibility index (Phi) is 7.85. The molecule has 2 heterocycles. The zero-order valence-electron chi connectivity index (χ0n) is 17.5. The van der Waals surface area contributed by atoms with E-state index in [-0.39, 0.29) is 18.1 Å². The molecule has 1 aliphatic rings. The Morgan fingerprint density at radius 3 is 2.67 bits per heavy atom. The molecule has 1 saturated heterocycles. The number of aliphatic carboxylic acids is 1. The van der Waals surface area contributed by atoms with Gasteiger partial charge in [-0.2, -0.15) is 13.2 Å². The summed E-state index contributed by atoms with van der Waals surface area (Å²) in [7, 11) is 1.27. The van der Waals surface area contributed by atoms with Crippen molar-refractivity contribution < 1.29 is 37.0 Å². The molecule has 1 aromatic heterocycles. The minimum Gasteiger partial charge on any atom is -0.496 e. The van der Waals surface area contributed by atoms with Gasteiger partial charge in [0.25, 0.3) is 5.91 Å². The van der Waals surface area contributed by atoms with Crippen molar-refractivity contribution in [1.29, 1.82) is 0 Å². The van der Waals surface area contributed by atoms with Gasteiger partial charge in [-0.15, -0.1) is 0 Å². The molecule has 0 aliphatic carbocycles. The SMILES string of the molecule is COc1cc(C(F)(F)F)ccc1-c1ccc(C=C2SC(=S)N(CCCCCC(=O)O)C2=O)o1. The van der Waals surface area contributed by atoms with Crippen molar-refractivity contribution in [3.8, 4) is 17.1 Å². The summed E-state index contributed by atoms with van der Waals surface area (Å²) in [6.07, 6.45) is -1.05. The Labute approximate surface area is 197 Å². The molecule has 1 aromatic carbocycles. The van der Waals surface area contributed by atoms with Gasteiger partial charge in [-0.1, -0.05) is 30.4 Å². The Morgan fingerprint density at radius 2 is 2.00 bits per heavy atom. The van der Waals surface area contributed by atoms with Crippen molar-refractivity contribution in [3.63, 3.8) is 0 Å². The summed E-state index contributed by atoms with van der Waals surface area (Å²) in [5.74, 6) is -0.474. The lowest BCUT2D eigenvalue weighted by atomic mass is 10.1. The summed E-state index contributed by atoms with van der Waals surface area (Å²) in [5, 5.41) is 8.67. The first-order chi connectivity index (χ1) is 15.6. The van der Waals surface area contributed by atoms with Gasteiger partial charge in [0.15, 0.2) is 0 Å². The van der Waals surface area contributed by atoms with Gasteiger partial charge >= 0.3 is 12.1 Å². The highest BCUT2D eigenvalue weighted by Gasteiger charge is 2.33. The van der Waals surface area contributed by atoms with Crippen LogP contribution in [0.15, 0.2) is 39.7 Å². The largest absolute Gasteiger partial charge is 0.496 e. The zero-order valence-corrected chi connectivity index (χ0v) is 19.1. The highest BCUT2D eigenvalue weighted by molar-refractivity contribution is 8.26. The van der Waals surface area contributed by atoms with Gasteiger partial charge in [0.2, 0.25) is 0 Å². The molecule has 6 nitrogen and oxygen atoms in total. The average Bonchev–Trinajstić information content (AvgIpc) is 3.31. The van der Waals surface area contributed by atoms with Crippen LogP contribution in [-0.2, 0) is 15.8 Å². The molecule has 1 N–H and O–H groups in total. The second-order valence-corrected chi connectivity index (χ2v) is 8.83. The first-order valence-corrected chi connectivity index (χ1v) is 11.1. The third-order valence-electron chi connectivity index (χ3n) is 4.84. The van der Waals surface area contributed by atoms with E-state index in [0.29, 0.717) is 52.1 Å². The third kappa shape index (κ3) is 6.17. The lowest BCUT2D eigenvalue weighted by molar-refractivity contribution is -0.138. The van der Waals surface area contributed by atoms with E-state index in [0.717, 1.165) is 23.9 Å². The molecule has 3 rings (SSSR count). The molecule has 0 radical (unpaired) electrons. The Balaban J connectivity index is 1.71. The molecule has 0 atom stereocenters. The van der Waals surface area contributed by atoms with Crippen molar-refractivity contribution in [2.24, 2.45) is 0 Å². The van der Waals surface area contributed by atoms with Gasteiger partial charge in [-0.3, -0.25) is 14.5 Å². The number of alkyl halides is 3. The summed E-state index contributed by atoms with van der Waals surface area (Å²) in [4.78, 5) is 25.1. The maximum Gasteiger partial charge on any atom is 0.416 e. The van der Waals surface area contributed by atoms with Crippen LogP contribution in [-0.4, -0.2) is 39.9 Å². The molecule has 11 heteroatoms. The second kappa shape index (κ2) is 10.4. The van der Waals surface area contributed by atoms with E-state index in [4.69, 9.17) is 26.5 Å². The number of hydrogen-bond acceptors (Lipinski definition) is 6. The van der Waals surface area contributed by atoms with Gasteiger partial charge in [0.1, 0.15) is 21.6 Å². The number of amides is 1. The van der Waals surface area contributed by atoms with E-state index < -0.39 is 17.7 Å². The fraction of sp³-hybridized carbons (Fsp3) is 0.318. The minimum atomic E-state index is -4.49. The number of rotatable bonds is 9. The van der Waals surface area contributed by atoms with E-state index in [1.165, 1.54) is 24.2 Å². The maximum absolute atomic E-state index is 13.0. The van der Waals surface area contributed by atoms with Crippen molar-refractivity contribution in [1.82, 2.24) is 4.90 Å². The van der Waals surface area contributed by atoms with Crippen LogP contribution in [0.1, 0.15) is 37.0 Å². The Hall–Kier alpha value is -2.79. The number of unbranched alkanes of at least 4 members (excludes halogenated alkanes) is 2. The lowest BCUT2D eigenvalue weighted by Gasteiger charge is -2.13. The molecule has 0 bridgehead atoms. The van der Waals surface area contributed by atoms with Gasteiger partial charge in [0.05, 0.1) is 23.1 Å². The maximum atomic E-state index is 13.0. The third-order valence-corrected chi connectivity index (χ3v) is 6.22. The molecular formula is C22H20F3NO5S2. The lowest BCUT2D eigenvalue weighted by Crippen LogP contribution is -2.29. The molecule has 0 unspecified atom stereocenters. The predicted molar refractivity (Wildman–Crippen MR) is 122 cm³/mol. The minimum absolute atomic E-state index is 0.0138. The highest BCUT2D eigenvalue weighted by atomic mass is 32.2. The summed E-state index contributed by atoms with van der Waals surface area (Å²) < 4.78 is 50.1.